The maximum atomic E-state index is 12.7. The fourth-order valence-corrected chi connectivity index (χ4v) is 2.20. The first kappa shape index (κ1) is 17.8. The van der Waals surface area contributed by atoms with Crippen molar-refractivity contribution in [1.82, 2.24) is 5.32 Å². The monoisotopic (exact) mass is 367 g/mol. The zero-order valence-electron chi connectivity index (χ0n) is 12.1. The van der Waals surface area contributed by atoms with Crippen LogP contribution in [0.1, 0.15) is 44.9 Å². The van der Waals surface area contributed by atoms with Gasteiger partial charge in [0.2, 0.25) is 0 Å². The summed E-state index contributed by atoms with van der Waals surface area (Å²) in [7, 11) is 0. The summed E-state index contributed by atoms with van der Waals surface area (Å²) in [5.41, 5.74) is -1.11. The van der Waals surface area contributed by atoms with Crippen molar-refractivity contribution in [3.05, 3.63) is 33.8 Å². The standard InChI is InChI=1S/C14H17BrF3NO2/c1-8(19-12(20)21-13(2,3)4)10-7-9(14(16,17)18)5-6-11(10)15/h5-8H,1-4H3,(H,19,20)/t8-/m1/s1. The second-order valence-corrected chi connectivity index (χ2v) is 6.46. The van der Waals surface area contributed by atoms with Gasteiger partial charge in [-0.15, -0.1) is 0 Å². The smallest absolute Gasteiger partial charge is 0.416 e. The molecule has 118 valence electrons. The fraction of sp³-hybridized carbons (Fsp3) is 0.500. The van der Waals surface area contributed by atoms with Crippen LogP contribution in [0.25, 0.3) is 0 Å². The van der Waals surface area contributed by atoms with Crippen molar-refractivity contribution in [3.63, 3.8) is 0 Å². The topological polar surface area (TPSA) is 38.3 Å². The van der Waals surface area contributed by atoms with Crippen molar-refractivity contribution in [2.45, 2.75) is 45.5 Å². The minimum Gasteiger partial charge on any atom is -0.444 e. The quantitative estimate of drug-likeness (QED) is 0.793. The number of benzene rings is 1. The molecule has 3 nitrogen and oxygen atoms in total. The lowest BCUT2D eigenvalue weighted by Gasteiger charge is -2.23. The van der Waals surface area contributed by atoms with Crippen LogP contribution in [0.15, 0.2) is 22.7 Å². The maximum absolute atomic E-state index is 12.7. The molecule has 21 heavy (non-hydrogen) atoms. The number of amides is 1. The molecule has 0 spiro atoms. The fourth-order valence-electron chi connectivity index (χ4n) is 1.61. The van der Waals surface area contributed by atoms with E-state index in [0.29, 0.717) is 10.0 Å². The first-order valence-electron chi connectivity index (χ1n) is 6.26. The van der Waals surface area contributed by atoms with Gasteiger partial charge in [-0.2, -0.15) is 13.2 Å². The first-order chi connectivity index (χ1) is 9.40. The molecule has 1 rings (SSSR count). The highest BCUT2D eigenvalue weighted by atomic mass is 79.9. The van der Waals surface area contributed by atoms with Gasteiger partial charge in [-0.25, -0.2) is 4.79 Å². The summed E-state index contributed by atoms with van der Waals surface area (Å²) >= 11 is 3.19. The van der Waals surface area contributed by atoms with E-state index in [4.69, 9.17) is 4.74 Å². The van der Waals surface area contributed by atoms with E-state index in [9.17, 15) is 18.0 Å². The molecule has 1 aromatic carbocycles. The average molecular weight is 368 g/mol. The van der Waals surface area contributed by atoms with Crippen LogP contribution < -0.4 is 5.32 Å². The van der Waals surface area contributed by atoms with E-state index in [1.165, 1.54) is 6.07 Å². The molecule has 0 bridgehead atoms. The van der Waals surface area contributed by atoms with Gasteiger partial charge < -0.3 is 10.1 Å². The van der Waals surface area contributed by atoms with Crippen LogP contribution in [0.3, 0.4) is 0 Å². The molecular formula is C14H17BrF3NO2. The summed E-state index contributed by atoms with van der Waals surface area (Å²) in [6, 6.07) is 2.67. The van der Waals surface area contributed by atoms with Crippen molar-refractivity contribution in [2.24, 2.45) is 0 Å². The van der Waals surface area contributed by atoms with Crippen molar-refractivity contribution in [1.29, 1.82) is 0 Å². The largest absolute Gasteiger partial charge is 0.444 e. The van der Waals surface area contributed by atoms with E-state index in [1.54, 1.807) is 27.7 Å². The number of halogens is 4. The van der Waals surface area contributed by atoms with Crippen LogP contribution in [0.5, 0.6) is 0 Å². The zero-order valence-corrected chi connectivity index (χ0v) is 13.7. The molecule has 0 heterocycles. The molecule has 0 aliphatic carbocycles. The Morgan fingerprint density at radius 3 is 2.33 bits per heavy atom. The molecule has 7 heteroatoms. The van der Waals surface area contributed by atoms with Gasteiger partial charge in [0.25, 0.3) is 0 Å². The van der Waals surface area contributed by atoms with Crippen molar-refractivity contribution in [2.75, 3.05) is 0 Å². The Kier molecular flexibility index (Phi) is 5.30. The lowest BCUT2D eigenvalue weighted by atomic mass is 10.1. The van der Waals surface area contributed by atoms with Crippen molar-refractivity contribution >= 4 is 22.0 Å². The minimum absolute atomic E-state index is 0.329. The molecule has 0 saturated heterocycles. The third-order valence-corrected chi connectivity index (χ3v) is 3.25. The maximum Gasteiger partial charge on any atom is 0.416 e. The van der Waals surface area contributed by atoms with E-state index < -0.39 is 29.5 Å². The van der Waals surface area contributed by atoms with Crippen LogP contribution >= 0.6 is 15.9 Å². The molecule has 0 aromatic heterocycles. The first-order valence-corrected chi connectivity index (χ1v) is 7.05. The zero-order chi connectivity index (χ0) is 16.4. The summed E-state index contributed by atoms with van der Waals surface area (Å²) in [5.74, 6) is 0. The minimum atomic E-state index is -4.43. The summed E-state index contributed by atoms with van der Waals surface area (Å²) in [6.45, 7) is 6.70. The molecule has 1 amide bonds. The number of rotatable bonds is 2. The molecule has 0 aliphatic rings. The lowest BCUT2D eigenvalue weighted by molar-refractivity contribution is -0.137. The molecule has 0 saturated carbocycles. The molecule has 1 aromatic rings. The SMILES string of the molecule is C[C@@H](NC(=O)OC(C)(C)C)c1cc(C(F)(F)F)ccc1Br. The Hall–Kier alpha value is -1.24. The van der Waals surface area contributed by atoms with Gasteiger partial charge >= 0.3 is 12.3 Å². The van der Waals surface area contributed by atoms with Gasteiger partial charge in [-0.3, -0.25) is 0 Å². The Morgan fingerprint density at radius 1 is 1.29 bits per heavy atom. The predicted molar refractivity (Wildman–Crippen MR) is 76.9 cm³/mol. The second kappa shape index (κ2) is 6.25. The van der Waals surface area contributed by atoms with Gasteiger partial charge in [0.1, 0.15) is 5.60 Å². The molecular weight excluding hydrogens is 351 g/mol. The van der Waals surface area contributed by atoms with Crippen molar-refractivity contribution < 1.29 is 22.7 Å². The number of carbonyl (C=O) groups excluding carboxylic acids is 1. The highest BCUT2D eigenvalue weighted by Gasteiger charge is 2.31. The van der Waals surface area contributed by atoms with Crippen LogP contribution in [0, 0.1) is 0 Å². The highest BCUT2D eigenvalue weighted by molar-refractivity contribution is 9.10. The summed E-state index contributed by atoms with van der Waals surface area (Å²) in [4.78, 5) is 11.7. The molecule has 1 N–H and O–H groups in total. The predicted octanol–water partition coefficient (Wildman–Crippen LogP) is 5.05. The molecule has 0 fully saturated rings. The summed E-state index contributed by atoms with van der Waals surface area (Å²) in [6.07, 6.45) is -5.11. The average Bonchev–Trinajstić information content (AvgIpc) is 2.24. The van der Waals surface area contributed by atoms with Gasteiger partial charge in [0, 0.05) is 4.47 Å². The number of carbonyl (C=O) groups is 1. The van der Waals surface area contributed by atoms with Gasteiger partial charge in [-0.05, 0) is 51.5 Å². The number of alkyl carbamates (subject to hydrolysis) is 1. The van der Waals surface area contributed by atoms with E-state index in [2.05, 4.69) is 21.2 Å². The summed E-state index contributed by atoms with van der Waals surface area (Å²) in [5, 5.41) is 2.51. The van der Waals surface area contributed by atoms with Gasteiger partial charge in [-0.1, -0.05) is 15.9 Å². The van der Waals surface area contributed by atoms with E-state index in [-0.39, 0.29) is 0 Å². The van der Waals surface area contributed by atoms with E-state index >= 15 is 0 Å². The lowest BCUT2D eigenvalue weighted by Crippen LogP contribution is -2.34. The molecule has 0 aliphatic heterocycles. The number of nitrogens with one attached hydrogen (secondary N) is 1. The van der Waals surface area contributed by atoms with Gasteiger partial charge in [0.15, 0.2) is 0 Å². The van der Waals surface area contributed by atoms with Crippen LogP contribution in [0.2, 0.25) is 0 Å². The highest BCUT2D eigenvalue weighted by Crippen LogP contribution is 2.33. The molecule has 1 atom stereocenters. The van der Waals surface area contributed by atoms with Crippen LogP contribution in [0.4, 0.5) is 18.0 Å². The van der Waals surface area contributed by atoms with Crippen LogP contribution in [-0.4, -0.2) is 11.7 Å². The molecule has 0 unspecified atom stereocenters. The Morgan fingerprint density at radius 2 is 1.86 bits per heavy atom. The summed E-state index contributed by atoms with van der Waals surface area (Å²) < 4.78 is 43.7. The molecule has 0 radical (unpaired) electrons. The number of hydrogen-bond acceptors (Lipinski definition) is 2. The Balaban J connectivity index is 2.92. The van der Waals surface area contributed by atoms with E-state index in [0.717, 1.165) is 12.1 Å². The van der Waals surface area contributed by atoms with Crippen LogP contribution in [-0.2, 0) is 10.9 Å². The van der Waals surface area contributed by atoms with E-state index in [1.807, 2.05) is 0 Å². The number of hydrogen-bond donors (Lipinski definition) is 1. The Bertz CT molecular complexity index is 524. The number of alkyl halides is 3. The van der Waals surface area contributed by atoms with Crippen molar-refractivity contribution in [3.8, 4) is 0 Å². The normalized spacial score (nSPS) is 13.7. The third-order valence-electron chi connectivity index (χ3n) is 2.52. The second-order valence-electron chi connectivity index (χ2n) is 5.60. The third kappa shape index (κ3) is 5.57. The van der Waals surface area contributed by atoms with Gasteiger partial charge in [0.05, 0.1) is 11.6 Å². The number of ether oxygens (including phenoxy) is 1. The Labute approximate surface area is 130 Å².